The van der Waals surface area contributed by atoms with Crippen LogP contribution in [-0.2, 0) is 10.0 Å². The molecule has 1 amide bonds. The van der Waals surface area contributed by atoms with Crippen LogP contribution in [0.25, 0.3) is 0 Å². The van der Waals surface area contributed by atoms with Crippen LogP contribution < -0.4 is 10.0 Å². The highest BCUT2D eigenvalue weighted by Crippen LogP contribution is 2.13. The molecule has 0 radical (unpaired) electrons. The van der Waals surface area contributed by atoms with Crippen LogP contribution in [0.5, 0.6) is 0 Å². The summed E-state index contributed by atoms with van der Waals surface area (Å²) >= 11 is 0. The minimum Gasteiger partial charge on any atom is -0.319 e. The van der Waals surface area contributed by atoms with Gasteiger partial charge in [0, 0.05) is 5.69 Å². The van der Waals surface area contributed by atoms with E-state index in [0.29, 0.717) is 5.69 Å². The van der Waals surface area contributed by atoms with E-state index in [0.717, 1.165) is 0 Å². The zero-order valence-electron chi connectivity index (χ0n) is 9.78. The predicted octanol–water partition coefficient (Wildman–Crippen LogP) is -0.640. The number of benzene rings is 1. The molecule has 0 aliphatic rings. The summed E-state index contributed by atoms with van der Waals surface area (Å²) in [4.78, 5) is 11.7. The van der Waals surface area contributed by atoms with Gasteiger partial charge in [-0.1, -0.05) is 0 Å². The molecule has 2 rings (SSSR count). The maximum absolute atomic E-state index is 11.6. The largest absolute Gasteiger partial charge is 0.319 e. The van der Waals surface area contributed by atoms with Gasteiger partial charge in [-0.25, -0.2) is 13.1 Å². The fraction of sp³-hybridized carbons (Fsp3) is 0.111. The molecule has 0 spiro atoms. The van der Waals surface area contributed by atoms with Crippen LogP contribution in [0.2, 0.25) is 0 Å². The standard InChI is InChI=1S/C9H10N6O3S/c1-10-19(17,18)7-4-2-6(3-5-7)11-9(16)8-12-14-15-13-8/h2-5,10H,1H3,(H,11,16)(H,12,13,14,15). The van der Waals surface area contributed by atoms with Gasteiger partial charge in [0.1, 0.15) is 0 Å². The fourth-order valence-corrected chi connectivity index (χ4v) is 2.01. The number of aromatic nitrogens is 4. The molecular weight excluding hydrogens is 272 g/mol. The molecular formula is C9H10N6O3S. The molecule has 0 bridgehead atoms. The predicted molar refractivity (Wildman–Crippen MR) is 64.8 cm³/mol. The molecule has 1 aromatic heterocycles. The van der Waals surface area contributed by atoms with Gasteiger partial charge in [-0.3, -0.25) is 4.79 Å². The van der Waals surface area contributed by atoms with Crippen molar-refractivity contribution in [2.75, 3.05) is 12.4 Å². The molecule has 3 N–H and O–H groups in total. The van der Waals surface area contributed by atoms with E-state index >= 15 is 0 Å². The Morgan fingerprint density at radius 3 is 2.47 bits per heavy atom. The summed E-state index contributed by atoms with van der Waals surface area (Å²) in [5, 5.41) is 14.9. The third-order valence-corrected chi connectivity index (χ3v) is 3.67. The lowest BCUT2D eigenvalue weighted by Crippen LogP contribution is -2.18. The van der Waals surface area contributed by atoms with Crippen LogP contribution in [0.3, 0.4) is 0 Å². The third-order valence-electron chi connectivity index (χ3n) is 2.24. The summed E-state index contributed by atoms with van der Waals surface area (Å²) in [5.74, 6) is -0.648. The van der Waals surface area contributed by atoms with Gasteiger partial charge in [0.05, 0.1) is 4.90 Å². The Hall–Kier alpha value is -2.33. The Morgan fingerprint density at radius 1 is 1.26 bits per heavy atom. The molecule has 2 aromatic rings. The molecule has 1 aromatic carbocycles. The SMILES string of the molecule is CNS(=O)(=O)c1ccc(NC(=O)c2nn[nH]n2)cc1. The molecule has 1 heterocycles. The Morgan fingerprint density at radius 2 is 1.95 bits per heavy atom. The summed E-state index contributed by atoms with van der Waals surface area (Å²) in [6.07, 6.45) is 0. The number of carbonyl (C=O) groups is 1. The highest BCUT2D eigenvalue weighted by atomic mass is 32.2. The van der Waals surface area contributed by atoms with E-state index in [4.69, 9.17) is 0 Å². The van der Waals surface area contributed by atoms with Crippen molar-refractivity contribution in [1.82, 2.24) is 25.3 Å². The van der Waals surface area contributed by atoms with Crippen LogP contribution in [0, 0.1) is 0 Å². The van der Waals surface area contributed by atoms with Crippen molar-refractivity contribution in [2.24, 2.45) is 0 Å². The van der Waals surface area contributed by atoms with Crippen LogP contribution in [0.4, 0.5) is 5.69 Å². The van der Waals surface area contributed by atoms with E-state index in [2.05, 4.69) is 30.7 Å². The number of nitrogens with one attached hydrogen (secondary N) is 3. The molecule has 19 heavy (non-hydrogen) atoms. The fourth-order valence-electron chi connectivity index (χ4n) is 1.28. The Kier molecular flexibility index (Phi) is 3.53. The lowest BCUT2D eigenvalue weighted by atomic mass is 10.3. The first-order chi connectivity index (χ1) is 9.03. The lowest BCUT2D eigenvalue weighted by molar-refractivity contribution is 0.101. The van der Waals surface area contributed by atoms with Gasteiger partial charge >= 0.3 is 0 Å². The molecule has 0 aliphatic heterocycles. The number of tetrazole rings is 1. The topological polar surface area (TPSA) is 130 Å². The smallest absolute Gasteiger partial charge is 0.297 e. The molecule has 100 valence electrons. The quantitative estimate of drug-likeness (QED) is 0.684. The average Bonchev–Trinajstić information content (AvgIpc) is 2.93. The second kappa shape index (κ2) is 5.12. The van der Waals surface area contributed by atoms with E-state index in [-0.39, 0.29) is 10.7 Å². The van der Waals surface area contributed by atoms with Gasteiger partial charge in [0.25, 0.3) is 11.7 Å². The molecule has 10 heteroatoms. The normalized spacial score (nSPS) is 11.2. The maximum atomic E-state index is 11.6. The zero-order valence-corrected chi connectivity index (χ0v) is 10.6. The van der Waals surface area contributed by atoms with E-state index in [9.17, 15) is 13.2 Å². The number of nitrogens with zero attached hydrogens (tertiary/aromatic N) is 3. The Bertz CT molecular complexity index is 664. The molecule has 9 nitrogen and oxygen atoms in total. The van der Waals surface area contributed by atoms with E-state index in [1.165, 1.54) is 31.3 Å². The third kappa shape index (κ3) is 2.92. The molecule has 0 atom stereocenters. The summed E-state index contributed by atoms with van der Waals surface area (Å²) in [6, 6.07) is 5.67. The van der Waals surface area contributed by atoms with Gasteiger partial charge in [0.2, 0.25) is 10.0 Å². The minimum absolute atomic E-state index is 0.104. The number of hydrogen-bond donors (Lipinski definition) is 3. The molecule has 0 aliphatic carbocycles. The maximum Gasteiger partial charge on any atom is 0.297 e. The number of hydrogen-bond acceptors (Lipinski definition) is 6. The van der Waals surface area contributed by atoms with E-state index in [1.807, 2.05) is 0 Å². The van der Waals surface area contributed by atoms with E-state index in [1.54, 1.807) is 0 Å². The highest BCUT2D eigenvalue weighted by Gasteiger charge is 2.13. The van der Waals surface area contributed by atoms with Gasteiger partial charge in [-0.2, -0.15) is 5.21 Å². The summed E-state index contributed by atoms with van der Waals surface area (Å²) in [6.45, 7) is 0. The molecule has 0 unspecified atom stereocenters. The first-order valence-corrected chi connectivity index (χ1v) is 6.59. The molecule has 0 saturated heterocycles. The van der Waals surface area contributed by atoms with Gasteiger partial charge < -0.3 is 5.32 Å². The summed E-state index contributed by atoms with van der Waals surface area (Å²) in [7, 11) is -2.17. The van der Waals surface area contributed by atoms with Crippen molar-refractivity contribution in [3.63, 3.8) is 0 Å². The van der Waals surface area contributed by atoms with Crippen molar-refractivity contribution in [1.29, 1.82) is 0 Å². The van der Waals surface area contributed by atoms with E-state index < -0.39 is 15.9 Å². The summed E-state index contributed by atoms with van der Waals surface area (Å²) in [5.41, 5.74) is 0.421. The average molecular weight is 282 g/mol. The van der Waals surface area contributed by atoms with Gasteiger partial charge in [-0.05, 0) is 36.5 Å². The second-order valence-electron chi connectivity index (χ2n) is 3.42. The zero-order chi connectivity index (χ0) is 13.9. The Balaban J connectivity index is 2.14. The number of H-pyrrole nitrogens is 1. The molecule has 0 saturated carbocycles. The van der Waals surface area contributed by atoms with Crippen LogP contribution in [0.15, 0.2) is 29.2 Å². The lowest BCUT2D eigenvalue weighted by Gasteiger charge is -2.05. The number of carbonyl (C=O) groups excluding carboxylic acids is 1. The second-order valence-corrected chi connectivity index (χ2v) is 5.31. The van der Waals surface area contributed by atoms with Gasteiger partial charge in [0.15, 0.2) is 0 Å². The van der Waals surface area contributed by atoms with Crippen molar-refractivity contribution < 1.29 is 13.2 Å². The minimum atomic E-state index is -3.49. The number of aromatic amines is 1. The van der Waals surface area contributed by atoms with Crippen molar-refractivity contribution in [3.8, 4) is 0 Å². The van der Waals surface area contributed by atoms with Gasteiger partial charge in [-0.15, -0.1) is 10.2 Å². The first kappa shape index (κ1) is 13.1. The summed E-state index contributed by atoms with van der Waals surface area (Å²) < 4.78 is 25.2. The van der Waals surface area contributed by atoms with Crippen molar-refractivity contribution >= 4 is 21.6 Å². The number of anilines is 1. The number of sulfonamides is 1. The number of amides is 1. The van der Waals surface area contributed by atoms with Crippen molar-refractivity contribution in [3.05, 3.63) is 30.1 Å². The number of rotatable bonds is 4. The molecule has 0 fully saturated rings. The highest BCUT2D eigenvalue weighted by molar-refractivity contribution is 7.89. The van der Waals surface area contributed by atoms with Crippen LogP contribution in [0.1, 0.15) is 10.6 Å². The van der Waals surface area contributed by atoms with Crippen LogP contribution >= 0.6 is 0 Å². The van der Waals surface area contributed by atoms with Crippen molar-refractivity contribution in [2.45, 2.75) is 4.90 Å². The Labute approximate surface area is 108 Å². The monoisotopic (exact) mass is 282 g/mol. The van der Waals surface area contributed by atoms with Crippen LogP contribution in [-0.4, -0.2) is 42.0 Å². The first-order valence-electron chi connectivity index (χ1n) is 5.11.